The zero-order valence-corrected chi connectivity index (χ0v) is 18.9. The molecular formula is C23H29N3O4S. The van der Waals surface area contributed by atoms with Crippen molar-refractivity contribution in [2.75, 3.05) is 18.9 Å². The van der Waals surface area contributed by atoms with E-state index in [2.05, 4.69) is 5.32 Å². The Bertz CT molecular complexity index is 1010. The highest BCUT2D eigenvalue weighted by Gasteiger charge is 2.35. The van der Waals surface area contributed by atoms with E-state index in [0.29, 0.717) is 11.3 Å². The number of sulfonamides is 1. The number of likely N-dealkylation sites (N-methyl/N-ethyl adjacent to an activating group) is 1. The first kappa shape index (κ1) is 23.0. The predicted octanol–water partition coefficient (Wildman–Crippen LogP) is 3.35. The molecule has 2 atom stereocenters. The molecule has 0 spiro atoms. The smallest absolute Gasteiger partial charge is 0.254 e. The maximum atomic E-state index is 13.1. The van der Waals surface area contributed by atoms with Crippen molar-refractivity contribution in [1.29, 1.82) is 0 Å². The second-order valence-corrected chi connectivity index (χ2v) is 9.91. The molecule has 1 aliphatic heterocycles. The third kappa shape index (κ3) is 5.32. The first-order chi connectivity index (χ1) is 14.7. The van der Waals surface area contributed by atoms with E-state index in [-0.39, 0.29) is 35.3 Å². The fraction of sp³-hybridized carbons (Fsp3) is 0.391. The van der Waals surface area contributed by atoms with Gasteiger partial charge in [-0.3, -0.25) is 9.59 Å². The third-order valence-electron chi connectivity index (χ3n) is 5.57. The van der Waals surface area contributed by atoms with Crippen molar-refractivity contribution in [3.05, 3.63) is 60.2 Å². The van der Waals surface area contributed by atoms with Crippen LogP contribution in [-0.2, 0) is 14.8 Å². The van der Waals surface area contributed by atoms with E-state index in [4.69, 9.17) is 0 Å². The molecule has 2 aromatic carbocycles. The first-order valence-corrected chi connectivity index (χ1v) is 11.9. The summed E-state index contributed by atoms with van der Waals surface area (Å²) < 4.78 is 27.8. The topological polar surface area (TPSA) is 86.8 Å². The molecule has 8 heteroatoms. The minimum absolute atomic E-state index is 0.0363. The maximum absolute atomic E-state index is 13.1. The molecule has 0 aliphatic carbocycles. The Morgan fingerprint density at radius 1 is 1.00 bits per heavy atom. The summed E-state index contributed by atoms with van der Waals surface area (Å²) in [6.45, 7) is 3.76. The van der Waals surface area contributed by atoms with Crippen LogP contribution in [0.5, 0.6) is 0 Å². The van der Waals surface area contributed by atoms with Crippen molar-refractivity contribution in [1.82, 2.24) is 9.21 Å². The van der Waals surface area contributed by atoms with Crippen molar-refractivity contribution in [3.63, 3.8) is 0 Å². The highest BCUT2D eigenvalue weighted by molar-refractivity contribution is 7.89. The van der Waals surface area contributed by atoms with Gasteiger partial charge >= 0.3 is 0 Å². The van der Waals surface area contributed by atoms with Crippen molar-refractivity contribution in [2.45, 2.75) is 50.1 Å². The number of nitrogens with zero attached hydrogens (tertiary/aromatic N) is 2. The zero-order chi connectivity index (χ0) is 22.6. The molecule has 0 unspecified atom stereocenters. The molecule has 1 N–H and O–H groups in total. The van der Waals surface area contributed by atoms with Gasteiger partial charge in [-0.15, -0.1) is 0 Å². The van der Waals surface area contributed by atoms with Crippen LogP contribution in [0.15, 0.2) is 59.5 Å². The number of amides is 2. The number of carbonyl (C=O) groups is 2. The number of hydrogen-bond donors (Lipinski definition) is 1. The summed E-state index contributed by atoms with van der Waals surface area (Å²) in [7, 11) is -2.04. The van der Waals surface area contributed by atoms with Crippen molar-refractivity contribution < 1.29 is 18.0 Å². The van der Waals surface area contributed by atoms with Crippen LogP contribution in [0.4, 0.5) is 5.69 Å². The Morgan fingerprint density at radius 3 is 2.16 bits per heavy atom. The molecule has 1 heterocycles. The fourth-order valence-corrected chi connectivity index (χ4v) is 5.87. The number of piperidine rings is 1. The fourth-order valence-electron chi connectivity index (χ4n) is 3.99. The lowest BCUT2D eigenvalue weighted by atomic mass is 10.0. The van der Waals surface area contributed by atoms with Gasteiger partial charge in [0.1, 0.15) is 0 Å². The van der Waals surface area contributed by atoms with Crippen LogP contribution in [-0.4, -0.2) is 55.1 Å². The van der Waals surface area contributed by atoms with E-state index in [1.54, 1.807) is 47.8 Å². The van der Waals surface area contributed by atoms with Gasteiger partial charge < -0.3 is 10.2 Å². The molecule has 1 aliphatic rings. The average Bonchev–Trinajstić information content (AvgIpc) is 2.73. The summed E-state index contributed by atoms with van der Waals surface area (Å²) in [6.07, 6.45) is 2.74. The standard InChI is InChI=1S/C23H29N3O4S/c1-17-8-7-9-18(2)26(17)31(29,30)21-14-12-20(13-15-21)24-22(27)16-25(3)23(28)19-10-5-4-6-11-19/h4-6,10-15,17-18H,7-9,16H2,1-3H3,(H,24,27)/t17-,18+. The Morgan fingerprint density at radius 2 is 1.58 bits per heavy atom. The average molecular weight is 444 g/mol. The van der Waals surface area contributed by atoms with Gasteiger partial charge in [0.15, 0.2) is 0 Å². The van der Waals surface area contributed by atoms with Crippen LogP contribution >= 0.6 is 0 Å². The van der Waals surface area contributed by atoms with Crippen LogP contribution in [0.1, 0.15) is 43.5 Å². The molecule has 2 amide bonds. The van der Waals surface area contributed by atoms with Gasteiger partial charge in [-0.2, -0.15) is 4.31 Å². The maximum Gasteiger partial charge on any atom is 0.254 e. The second kappa shape index (κ2) is 9.62. The van der Waals surface area contributed by atoms with E-state index in [1.807, 2.05) is 19.9 Å². The van der Waals surface area contributed by atoms with Gasteiger partial charge in [0.2, 0.25) is 15.9 Å². The van der Waals surface area contributed by atoms with Gasteiger partial charge in [0, 0.05) is 30.4 Å². The Balaban J connectivity index is 1.63. The van der Waals surface area contributed by atoms with Crippen molar-refractivity contribution in [2.24, 2.45) is 0 Å². The molecule has 166 valence electrons. The Kier molecular flexibility index (Phi) is 7.12. The van der Waals surface area contributed by atoms with Crippen molar-refractivity contribution in [3.8, 4) is 0 Å². The molecule has 0 aromatic heterocycles. The molecule has 31 heavy (non-hydrogen) atoms. The van der Waals surface area contributed by atoms with Crippen LogP contribution < -0.4 is 5.32 Å². The molecule has 7 nitrogen and oxygen atoms in total. The molecule has 0 radical (unpaired) electrons. The summed E-state index contributed by atoms with van der Waals surface area (Å²) in [5, 5.41) is 2.71. The third-order valence-corrected chi connectivity index (χ3v) is 7.72. The number of nitrogens with one attached hydrogen (secondary N) is 1. The lowest BCUT2D eigenvalue weighted by Gasteiger charge is -2.37. The summed E-state index contributed by atoms with van der Waals surface area (Å²) in [6, 6.07) is 14.8. The quantitative estimate of drug-likeness (QED) is 0.742. The summed E-state index contributed by atoms with van der Waals surface area (Å²) in [5.74, 6) is -0.609. The lowest BCUT2D eigenvalue weighted by Crippen LogP contribution is -2.47. The van der Waals surface area contributed by atoms with Crippen LogP contribution in [0.2, 0.25) is 0 Å². The number of anilines is 1. The summed E-state index contributed by atoms with van der Waals surface area (Å²) in [5.41, 5.74) is 0.984. The highest BCUT2D eigenvalue weighted by atomic mass is 32.2. The minimum Gasteiger partial charge on any atom is -0.332 e. The SMILES string of the molecule is C[C@@H]1CCC[C@H](C)N1S(=O)(=O)c1ccc(NC(=O)CN(C)C(=O)c2ccccc2)cc1. The first-order valence-electron chi connectivity index (χ1n) is 10.4. The van der Waals surface area contributed by atoms with Crippen LogP contribution in [0.25, 0.3) is 0 Å². The summed E-state index contributed by atoms with van der Waals surface area (Å²) >= 11 is 0. The second-order valence-electron chi connectivity index (χ2n) is 8.06. The molecule has 3 rings (SSSR count). The minimum atomic E-state index is -3.60. The molecule has 1 saturated heterocycles. The van der Waals surface area contributed by atoms with Gasteiger partial charge in [-0.1, -0.05) is 24.6 Å². The van der Waals surface area contributed by atoms with E-state index in [9.17, 15) is 18.0 Å². The van der Waals surface area contributed by atoms with Gasteiger partial charge in [0.25, 0.3) is 5.91 Å². The summed E-state index contributed by atoms with van der Waals surface area (Å²) in [4.78, 5) is 26.3. The van der Waals surface area contributed by atoms with E-state index in [1.165, 1.54) is 17.0 Å². The Labute approximate surface area is 184 Å². The van der Waals surface area contributed by atoms with E-state index in [0.717, 1.165) is 19.3 Å². The molecule has 0 saturated carbocycles. The number of hydrogen-bond acceptors (Lipinski definition) is 4. The predicted molar refractivity (Wildman–Crippen MR) is 120 cm³/mol. The highest BCUT2D eigenvalue weighted by Crippen LogP contribution is 2.29. The number of benzene rings is 2. The van der Waals surface area contributed by atoms with Gasteiger partial charge in [-0.05, 0) is 63.1 Å². The van der Waals surface area contributed by atoms with Crippen LogP contribution in [0.3, 0.4) is 0 Å². The molecular weight excluding hydrogens is 414 g/mol. The van der Waals surface area contributed by atoms with Crippen molar-refractivity contribution >= 4 is 27.5 Å². The van der Waals surface area contributed by atoms with Gasteiger partial charge in [-0.25, -0.2) is 8.42 Å². The lowest BCUT2D eigenvalue weighted by molar-refractivity contribution is -0.116. The van der Waals surface area contributed by atoms with E-state index >= 15 is 0 Å². The number of rotatable bonds is 6. The zero-order valence-electron chi connectivity index (χ0n) is 18.1. The molecule has 0 bridgehead atoms. The monoisotopic (exact) mass is 443 g/mol. The van der Waals surface area contributed by atoms with Crippen LogP contribution in [0, 0.1) is 0 Å². The Hall–Kier alpha value is -2.71. The number of carbonyl (C=O) groups excluding carboxylic acids is 2. The van der Waals surface area contributed by atoms with Gasteiger partial charge in [0.05, 0.1) is 11.4 Å². The van der Waals surface area contributed by atoms with E-state index < -0.39 is 10.0 Å². The largest absolute Gasteiger partial charge is 0.332 e. The molecule has 2 aromatic rings. The normalized spacial score (nSPS) is 19.6. The molecule has 1 fully saturated rings.